The lowest BCUT2D eigenvalue weighted by molar-refractivity contribution is 0.373. The Hall–Kier alpha value is -2.94. The van der Waals surface area contributed by atoms with Crippen molar-refractivity contribution in [1.82, 2.24) is 19.5 Å². The summed E-state index contributed by atoms with van der Waals surface area (Å²) >= 11 is 0. The van der Waals surface area contributed by atoms with Crippen molar-refractivity contribution in [2.24, 2.45) is 5.92 Å². The van der Waals surface area contributed by atoms with Crippen LogP contribution in [0.1, 0.15) is 62.0 Å². The molecule has 1 aliphatic rings. The molecule has 4 rings (SSSR count). The molecule has 3 aromatic rings. The topological polar surface area (TPSA) is 79.4 Å². The Morgan fingerprint density at radius 3 is 2.76 bits per heavy atom. The van der Waals surface area contributed by atoms with Crippen LogP contribution in [-0.4, -0.2) is 26.1 Å². The maximum atomic E-state index is 10.0. The Kier molecular flexibility index (Phi) is 5.75. The highest BCUT2D eigenvalue weighted by molar-refractivity contribution is 5.76. The summed E-state index contributed by atoms with van der Waals surface area (Å²) in [5.74, 6) is 1.51. The summed E-state index contributed by atoms with van der Waals surface area (Å²) < 4.78 is 2.11. The molecule has 150 valence electrons. The molecule has 0 saturated heterocycles. The molecule has 1 N–H and O–H groups in total. The third-order valence-electron chi connectivity index (χ3n) is 5.95. The zero-order valence-corrected chi connectivity index (χ0v) is 17.2. The van der Waals surface area contributed by atoms with Crippen molar-refractivity contribution >= 4 is 17.0 Å². The molecule has 1 saturated carbocycles. The van der Waals surface area contributed by atoms with Crippen LogP contribution in [0.25, 0.3) is 11.0 Å². The van der Waals surface area contributed by atoms with E-state index < -0.39 is 5.92 Å². The number of benzene rings is 1. The first-order valence-corrected chi connectivity index (χ1v) is 10.6. The van der Waals surface area contributed by atoms with E-state index in [1.165, 1.54) is 32.1 Å². The highest BCUT2D eigenvalue weighted by atomic mass is 15.1. The Balaban J connectivity index is 1.64. The van der Waals surface area contributed by atoms with Gasteiger partial charge >= 0.3 is 0 Å². The molecule has 0 bridgehead atoms. The lowest BCUT2D eigenvalue weighted by Crippen LogP contribution is -2.19. The summed E-state index contributed by atoms with van der Waals surface area (Å²) in [6.07, 6.45) is 8.34. The molecule has 0 spiro atoms. The fraction of sp³-hybridized carbons (Fsp3) is 0.478. The summed E-state index contributed by atoms with van der Waals surface area (Å²) in [5.41, 5.74) is 3.60. The van der Waals surface area contributed by atoms with Crippen molar-refractivity contribution < 1.29 is 0 Å². The van der Waals surface area contributed by atoms with Gasteiger partial charge in [-0.3, -0.25) is 0 Å². The average molecular weight is 389 g/mol. The minimum absolute atomic E-state index is 0.527. The minimum Gasteiger partial charge on any atom is -0.354 e. The van der Waals surface area contributed by atoms with E-state index >= 15 is 0 Å². The second kappa shape index (κ2) is 8.60. The van der Waals surface area contributed by atoms with Gasteiger partial charge in [0.05, 0.1) is 22.8 Å². The lowest BCUT2D eigenvalue weighted by Gasteiger charge is -2.22. The molecular weight excluding hydrogens is 360 g/mol. The van der Waals surface area contributed by atoms with Crippen molar-refractivity contribution in [3.8, 4) is 6.07 Å². The van der Waals surface area contributed by atoms with Gasteiger partial charge in [0.15, 0.2) is 0 Å². The number of nitrogens with one attached hydrogen (secondary N) is 1. The van der Waals surface area contributed by atoms with Crippen molar-refractivity contribution in [2.75, 3.05) is 11.9 Å². The number of imidazole rings is 1. The van der Waals surface area contributed by atoms with Crippen LogP contribution in [-0.2, 0) is 6.54 Å². The van der Waals surface area contributed by atoms with Crippen LogP contribution < -0.4 is 5.32 Å². The fourth-order valence-electron chi connectivity index (χ4n) is 4.35. The number of nitriles is 1. The predicted octanol–water partition coefficient (Wildman–Crippen LogP) is 4.80. The van der Waals surface area contributed by atoms with Gasteiger partial charge in [-0.05, 0) is 50.3 Å². The molecular formula is C23H28N6. The number of hydrogen-bond donors (Lipinski definition) is 1. The van der Waals surface area contributed by atoms with Crippen LogP contribution in [0.15, 0.2) is 30.5 Å². The number of anilines is 1. The third kappa shape index (κ3) is 3.95. The van der Waals surface area contributed by atoms with E-state index in [9.17, 15) is 5.26 Å². The van der Waals surface area contributed by atoms with Gasteiger partial charge in [0.2, 0.25) is 5.95 Å². The molecule has 1 fully saturated rings. The zero-order chi connectivity index (χ0) is 20.2. The molecule has 0 amide bonds. The van der Waals surface area contributed by atoms with Crippen LogP contribution >= 0.6 is 0 Å². The first-order chi connectivity index (χ1) is 14.2. The van der Waals surface area contributed by atoms with Gasteiger partial charge in [0.1, 0.15) is 11.7 Å². The van der Waals surface area contributed by atoms with E-state index in [4.69, 9.17) is 9.97 Å². The standard InChI is InChI=1S/C23H28N6/c1-3-29-20-12-8-7-11-19(20)27-22(29)18(13-24)21-16(2)14-25-23(28-21)26-15-17-9-5-4-6-10-17/h7-8,11-12,14,17-18H,3-6,9-10,15H2,1-2H3,(H,25,26,28). The summed E-state index contributed by atoms with van der Waals surface area (Å²) in [6.45, 7) is 5.69. The molecule has 0 radical (unpaired) electrons. The van der Waals surface area contributed by atoms with Crippen LogP contribution in [0, 0.1) is 24.2 Å². The number of para-hydroxylation sites is 2. The maximum Gasteiger partial charge on any atom is 0.222 e. The van der Waals surface area contributed by atoms with E-state index in [0.29, 0.717) is 11.9 Å². The van der Waals surface area contributed by atoms with Crippen LogP contribution in [0.2, 0.25) is 0 Å². The van der Waals surface area contributed by atoms with E-state index in [-0.39, 0.29) is 0 Å². The Morgan fingerprint density at radius 1 is 1.21 bits per heavy atom. The predicted molar refractivity (Wildman–Crippen MR) is 115 cm³/mol. The van der Waals surface area contributed by atoms with Crippen molar-refractivity contribution in [3.05, 3.63) is 47.5 Å². The van der Waals surface area contributed by atoms with E-state index in [1.807, 2.05) is 37.4 Å². The average Bonchev–Trinajstić information content (AvgIpc) is 3.13. The summed E-state index contributed by atoms with van der Waals surface area (Å²) in [7, 11) is 0. The first-order valence-electron chi connectivity index (χ1n) is 10.6. The number of rotatable bonds is 6. The summed E-state index contributed by atoms with van der Waals surface area (Å²) in [5, 5.41) is 13.5. The third-order valence-corrected chi connectivity index (χ3v) is 5.95. The van der Waals surface area contributed by atoms with Crippen LogP contribution in [0.5, 0.6) is 0 Å². The Labute approximate surface area is 172 Å². The molecule has 1 aliphatic carbocycles. The molecule has 1 aromatic carbocycles. The fourth-order valence-corrected chi connectivity index (χ4v) is 4.35. The monoisotopic (exact) mass is 388 g/mol. The highest BCUT2D eigenvalue weighted by Crippen LogP contribution is 2.29. The van der Waals surface area contributed by atoms with E-state index in [1.54, 1.807) is 0 Å². The van der Waals surface area contributed by atoms with Crippen LogP contribution in [0.3, 0.4) is 0 Å². The van der Waals surface area contributed by atoms with Gasteiger partial charge in [0.25, 0.3) is 0 Å². The molecule has 1 unspecified atom stereocenters. The molecule has 6 nitrogen and oxygen atoms in total. The van der Waals surface area contributed by atoms with Crippen molar-refractivity contribution in [2.45, 2.75) is 58.4 Å². The molecule has 2 aromatic heterocycles. The van der Waals surface area contributed by atoms with Crippen molar-refractivity contribution in [3.63, 3.8) is 0 Å². The number of fused-ring (bicyclic) bond motifs is 1. The molecule has 0 aliphatic heterocycles. The van der Waals surface area contributed by atoms with Gasteiger partial charge in [0, 0.05) is 19.3 Å². The quantitative estimate of drug-likeness (QED) is 0.656. The molecule has 29 heavy (non-hydrogen) atoms. The first kappa shape index (κ1) is 19.4. The van der Waals surface area contributed by atoms with Gasteiger partial charge in [-0.25, -0.2) is 15.0 Å². The van der Waals surface area contributed by atoms with Gasteiger partial charge in [-0.1, -0.05) is 31.4 Å². The normalized spacial score (nSPS) is 15.9. The minimum atomic E-state index is -0.527. The van der Waals surface area contributed by atoms with Gasteiger partial charge in [-0.15, -0.1) is 0 Å². The SMILES string of the molecule is CCn1c(C(C#N)c2nc(NCC3CCCCC3)ncc2C)nc2ccccc21. The molecule has 2 heterocycles. The molecule has 1 atom stereocenters. The Bertz CT molecular complexity index is 1030. The number of hydrogen-bond acceptors (Lipinski definition) is 5. The molecule has 6 heteroatoms. The van der Waals surface area contributed by atoms with Crippen molar-refractivity contribution in [1.29, 1.82) is 5.26 Å². The van der Waals surface area contributed by atoms with Gasteiger partial charge < -0.3 is 9.88 Å². The zero-order valence-electron chi connectivity index (χ0n) is 17.2. The second-order valence-electron chi connectivity index (χ2n) is 7.91. The van der Waals surface area contributed by atoms with Gasteiger partial charge in [-0.2, -0.15) is 5.26 Å². The summed E-state index contributed by atoms with van der Waals surface area (Å²) in [4.78, 5) is 14.0. The van der Waals surface area contributed by atoms with E-state index in [2.05, 4.69) is 27.9 Å². The number of aryl methyl sites for hydroxylation is 2. The second-order valence-corrected chi connectivity index (χ2v) is 7.91. The summed E-state index contributed by atoms with van der Waals surface area (Å²) in [6, 6.07) is 10.5. The number of aromatic nitrogens is 4. The number of nitrogens with zero attached hydrogens (tertiary/aromatic N) is 5. The van der Waals surface area contributed by atoms with E-state index in [0.717, 1.165) is 41.2 Å². The lowest BCUT2D eigenvalue weighted by atomic mass is 9.89. The Morgan fingerprint density at radius 2 is 2.00 bits per heavy atom. The highest BCUT2D eigenvalue weighted by Gasteiger charge is 2.25. The maximum absolute atomic E-state index is 10.0. The smallest absolute Gasteiger partial charge is 0.222 e. The largest absolute Gasteiger partial charge is 0.354 e. The van der Waals surface area contributed by atoms with Crippen LogP contribution in [0.4, 0.5) is 5.95 Å².